The third-order valence-electron chi connectivity index (χ3n) is 4.38. The Hall–Kier alpha value is -1.35. The standard InChI is InChI=1S/C17H26N2O/c1-14-7-6-12-19(16(14)13-18)17(20)11-5-10-15-8-3-2-4-9-15/h2-4,8-9,14,16H,5-7,10-13,18H2,1H3/t14-,16-/m0/s1. The first kappa shape index (κ1) is 15.0. The van der Waals surface area contributed by atoms with Crippen LogP contribution in [0, 0.1) is 5.92 Å². The summed E-state index contributed by atoms with van der Waals surface area (Å²) in [5.41, 5.74) is 7.16. The SMILES string of the molecule is C[C@H]1CCCN(C(=O)CCCc2ccccc2)[C@H]1CN. The van der Waals surface area contributed by atoms with Crippen molar-refractivity contribution in [2.24, 2.45) is 11.7 Å². The van der Waals surface area contributed by atoms with Crippen molar-refractivity contribution in [3.63, 3.8) is 0 Å². The molecule has 0 spiro atoms. The molecule has 1 amide bonds. The quantitative estimate of drug-likeness (QED) is 0.897. The first-order chi connectivity index (χ1) is 9.72. The van der Waals surface area contributed by atoms with Gasteiger partial charge in [0.1, 0.15) is 0 Å². The monoisotopic (exact) mass is 274 g/mol. The molecular formula is C17H26N2O. The smallest absolute Gasteiger partial charge is 0.222 e. The summed E-state index contributed by atoms with van der Waals surface area (Å²) in [6.07, 6.45) is 4.84. The van der Waals surface area contributed by atoms with Crippen LogP contribution in [-0.2, 0) is 11.2 Å². The summed E-state index contributed by atoms with van der Waals surface area (Å²) >= 11 is 0. The van der Waals surface area contributed by atoms with Crippen LogP contribution >= 0.6 is 0 Å². The van der Waals surface area contributed by atoms with Crippen LogP contribution in [0.3, 0.4) is 0 Å². The van der Waals surface area contributed by atoms with Crippen molar-refractivity contribution in [1.82, 2.24) is 4.90 Å². The van der Waals surface area contributed by atoms with E-state index < -0.39 is 0 Å². The first-order valence-electron chi connectivity index (χ1n) is 7.76. The van der Waals surface area contributed by atoms with Gasteiger partial charge in [-0.1, -0.05) is 37.3 Å². The third-order valence-corrected chi connectivity index (χ3v) is 4.38. The Morgan fingerprint density at radius 1 is 1.35 bits per heavy atom. The third kappa shape index (κ3) is 3.83. The highest BCUT2D eigenvalue weighted by molar-refractivity contribution is 5.76. The van der Waals surface area contributed by atoms with Crippen molar-refractivity contribution in [1.29, 1.82) is 0 Å². The summed E-state index contributed by atoms with van der Waals surface area (Å²) in [5.74, 6) is 0.815. The molecule has 1 heterocycles. The number of aryl methyl sites for hydroxylation is 1. The minimum absolute atomic E-state index is 0.243. The molecule has 2 atom stereocenters. The molecule has 20 heavy (non-hydrogen) atoms. The summed E-state index contributed by atoms with van der Waals surface area (Å²) in [5, 5.41) is 0. The van der Waals surface area contributed by atoms with Crippen molar-refractivity contribution in [2.45, 2.75) is 45.1 Å². The number of benzene rings is 1. The molecule has 3 heteroatoms. The topological polar surface area (TPSA) is 46.3 Å². The van der Waals surface area contributed by atoms with E-state index in [2.05, 4.69) is 19.1 Å². The molecule has 1 fully saturated rings. The van der Waals surface area contributed by atoms with Gasteiger partial charge in [0.25, 0.3) is 0 Å². The molecule has 1 aliphatic rings. The van der Waals surface area contributed by atoms with Gasteiger partial charge in [-0.15, -0.1) is 0 Å². The molecule has 1 aromatic carbocycles. The maximum Gasteiger partial charge on any atom is 0.222 e. The van der Waals surface area contributed by atoms with Crippen LogP contribution in [0.1, 0.15) is 38.2 Å². The number of likely N-dealkylation sites (tertiary alicyclic amines) is 1. The molecule has 110 valence electrons. The lowest BCUT2D eigenvalue weighted by molar-refractivity contribution is -0.136. The lowest BCUT2D eigenvalue weighted by Gasteiger charge is -2.39. The number of piperidine rings is 1. The van der Waals surface area contributed by atoms with Crippen LogP contribution in [0.5, 0.6) is 0 Å². The van der Waals surface area contributed by atoms with Crippen LogP contribution in [0.4, 0.5) is 0 Å². The maximum absolute atomic E-state index is 12.4. The number of nitrogens with two attached hydrogens (primary N) is 1. The molecule has 0 saturated carbocycles. The highest BCUT2D eigenvalue weighted by atomic mass is 16.2. The normalized spacial score (nSPS) is 22.8. The van der Waals surface area contributed by atoms with Gasteiger partial charge in [-0.2, -0.15) is 0 Å². The van der Waals surface area contributed by atoms with Crippen LogP contribution < -0.4 is 5.73 Å². The number of carbonyl (C=O) groups is 1. The molecule has 2 N–H and O–H groups in total. The van der Waals surface area contributed by atoms with Crippen molar-refractivity contribution in [3.05, 3.63) is 35.9 Å². The van der Waals surface area contributed by atoms with Crippen LogP contribution in [0.15, 0.2) is 30.3 Å². The van der Waals surface area contributed by atoms with E-state index in [0.717, 1.165) is 25.8 Å². The van der Waals surface area contributed by atoms with E-state index in [9.17, 15) is 4.79 Å². The van der Waals surface area contributed by atoms with E-state index in [-0.39, 0.29) is 11.9 Å². The average molecular weight is 274 g/mol. The predicted molar refractivity (Wildman–Crippen MR) is 82.3 cm³/mol. The predicted octanol–water partition coefficient (Wildman–Crippen LogP) is 2.60. The van der Waals surface area contributed by atoms with Gasteiger partial charge in [0, 0.05) is 25.6 Å². The van der Waals surface area contributed by atoms with E-state index in [4.69, 9.17) is 5.73 Å². The van der Waals surface area contributed by atoms with Crippen molar-refractivity contribution in [2.75, 3.05) is 13.1 Å². The van der Waals surface area contributed by atoms with Gasteiger partial charge < -0.3 is 10.6 Å². The van der Waals surface area contributed by atoms with E-state index in [1.165, 1.54) is 12.0 Å². The Morgan fingerprint density at radius 2 is 2.10 bits per heavy atom. The van der Waals surface area contributed by atoms with Gasteiger partial charge in [-0.3, -0.25) is 4.79 Å². The highest BCUT2D eigenvalue weighted by Gasteiger charge is 2.30. The molecular weight excluding hydrogens is 248 g/mol. The fourth-order valence-electron chi connectivity index (χ4n) is 3.15. The zero-order valence-electron chi connectivity index (χ0n) is 12.4. The second-order valence-electron chi connectivity index (χ2n) is 5.85. The Kier molecular flexibility index (Phi) is 5.60. The van der Waals surface area contributed by atoms with Crippen LogP contribution in [0.25, 0.3) is 0 Å². The number of rotatable bonds is 5. The van der Waals surface area contributed by atoms with Gasteiger partial charge in [-0.05, 0) is 37.2 Å². The summed E-state index contributed by atoms with van der Waals surface area (Å²) < 4.78 is 0. The Bertz CT molecular complexity index is 418. The number of carbonyl (C=O) groups excluding carboxylic acids is 1. The van der Waals surface area contributed by atoms with E-state index in [1.807, 2.05) is 23.1 Å². The molecule has 0 unspecified atom stereocenters. The van der Waals surface area contributed by atoms with Gasteiger partial charge in [0.15, 0.2) is 0 Å². The highest BCUT2D eigenvalue weighted by Crippen LogP contribution is 2.23. The first-order valence-corrected chi connectivity index (χ1v) is 7.76. The Labute approximate surface area is 122 Å². The lowest BCUT2D eigenvalue weighted by atomic mass is 9.90. The molecule has 1 saturated heterocycles. The summed E-state index contributed by atoms with van der Waals surface area (Å²) in [7, 11) is 0. The van der Waals surface area contributed by atoms with E-state index >= 15 is 0 Å². The van der Waals surface area contributed by atoms with Gasteiger partial charge in [0.05, 0.1) is 0 Å². The maximum atomic E-state index is 12.4. The number of amides is 1. The molecule has 3 nitrogen and oxygen atoms in total. The van der Waals surface area contributed by atoms with E-state index in [1.54, 1.807) is 0 Å². The number of hydrogen-bond donors (Lipinski definition) is 1. The zero-order chi connectivity index (χ0) is 14.4. The number of hydrogen-bond acceptors (Lipinski definition) is 2. The van der Waals surface area contributed by atoms with Crippen molar-refractivity contribution >= 4 is 5.91 Å². The van der Waals surface area contributed by atoms with Gasteiger partial charge in [-0.25, -0.2) is 0 Å². The molecule has 0 radical (unpaired) electrons. The molecule has 1 aliphatic heterocycles. The van der Waals surface area contributed by atoms with Crippen LogP contribution in [0.2, 0.25) is 0 Å². The number of nitrogens with zero attached hydrogens (tertiary/aromatic N) is 1. The second kappa shape index (κ2) is 7.44. The Balaban J connectivity index is 1.82. The minimum Gasteiger partial charge on any atom is -0.338 e. The molecule has 2 rings (SSSR count). The molecule has 1 aromatic rings. The molecule has 0 aromatic heterocycles. The van der Waals surface area contributed by atoms with E-state index in [0.29, 0.717) is 18.9 Å². The van der Waals surface area contributed by atoms with Crippen LogP contribution in [-0.4, -0.2) is 29.9 Å². The molecule has 0 bridgehead atoms. The largest absolute Gasteiger partial charge is 0.338 e. The lowest BCUT2D eigenvalue weighted by Crippen LogP contribution is -2.51. The Morgan fingerprint density at radius 3 is 2.80 bits per heavy atom. The van der Waals surface area contributed by atoms with Gasteiger partial charge >= 0.3 is 0 Å². The van der Waals surface area contributed by atoms with Gasteiger partial charge in [0.2, 0.25) is 5.91 Å². The summed E-state index contributed by atoms with van der Waals surface area (Å²) in [6, 6.07) is 10.6. The minimum atomic E-state index is 0.243. The fourth-order valence-corrected chi connectivity index (χ4v) is 3.15. The van der Waals surface area contributed by atoms with Crippen molar-refractivity contribution < 1.29 is 4.79 Å². The van der Waals surface area contributed by atoms with Crippen molar-refractivity contribution in [3.8, 4) is 0 Å². The average Bonchev–Trinajstić information content (AvgIpc) is 2.48. The fraction of sp³-hybridized carbons (Fsp3) is 0.588. The second-order valence-corrected chi connectivity index (χ2v) is 5.85. The molecule has 0 aliphatic carbocycles. The summed E-state index contributed by atoms with van der Waals surface area (Å²) in [6.45, 7) is 3.68. The zero-order valence-corrected chi connectivity index (χ0v) is 12.4. The summed E-state index contributed by atoms with van der Waals surface area (Å²) in [4.78, 5) is 14.4.